The molecule has 2 aromatic carbocycles. The fourth-order valence-corrected chi connectivity index (χ4v) is 2.68. The molecule has 0 radical (unpaired) electrons. The maximum atomic E-state index is 6.03. The largest absolute Gasteiger partial charge is 0.329 e. The lowest BCUT2D eigenvalue weighted by Gasteiger charge is -2.22. The Balaban J connectivity index is 2.06. The minimum Gasteiger partial charge on any atom is -0.329 e. The molecule has 0 spiro atoms. The summed E-state index contributed by atoms with van der Waals surface area (Å²) in [5.74, 6) is 0. The van der Waals surface area contributed by atoms with E-state index in [4.69, 9.17) is 17.3 Å². The first kappa shape index (κ1) is 15.5. The van der Waals surface area contributed by atoms with Gasteiger partial charge in [0.15, 0.2) is 0 Å². The van der Waals surface area contributed by atoms with Gasteiger partial charge >= 0.3 is 0 Å². The first-order valence-corrected chi connectivity index (χ1v) is 7.76. The summed E-state index contributed by atoms with van der Waals surface area (Å²) in [6, 6.07) is 16.5. The molecule has 0 aromatic heterocycles. The molecule has 0 bridgehead atoms. The lowest BCUT2D eigenvalue weighted by molar-refractivity contribution is 0.264. The molecule has 4 heteroatoms. The van der Waals surface area contributed by atoms with Crippen LogP contribution in [0.4, 0.5) is 0 Å². The number of benzene rings is 2. The zero-order valence-electron chi connectivity index (χ0n) is 11.2. The second-order valence-electron chi connectivity index (χ2n) is 4.73. The summed E-state index contributed by atoms with van der Waals surface area (Å²) in [5, 5.41) is 0.738. The van der Waals surface area contributed by atoms with Gasteiger partial charge in [0.2, 0.25) is 0 Å². The van der Waals surface area contributed by atoms with Crippen molar-refractivity contribution in [2.24, 2.45) is 5.73 Å². The van der Waals surface area contributed by atoms with Crippen molar-refractivity contribution >= 4 is 27.5 Å². The second kappa shape index (κ2) is 7.79. The van der Waals surface area contributed by atoms with Crippen LogP contribution in [0, 0.1) is 0 Å². The maximum absolute atomic E-state index is 6.03. The van der Waals surface area contributed by atoms with Gasteiger partial charge in [-0.25, -0.2) is 0 Å². The molecule has 2 rings (SSSR count). The molecular formula is C16H18BrClN2. The molecule has 0 heterocycles. The number of nitrogens with two attached hydrogens (primary N) is 1. The Morgan fingerprint density at radius 2 is 1.70 bits per heavy atom. The minimum absolute atomic E-state index is 0.654. The average molecular weight is 354 g/mol. The van der Waals surface area contributed by atoms with E-state index in [2.05, 4.69) is 57.2 Å². The lowest BCUT2D eigenvalue weighted by Crippen LogP contribution is -2.28. The van der Waals surface area contributed by atoms with E-state index in [0.717, 1.165) is 29.1 Å². The highest BCUT2D eigenvalue weighted by atomic mass is 79.9. The predicted octanol–water partition coefficient (Wildman–Crippen LogP) is 4.06. The summed E-state index contributed by atoms with van der Waals surface area (Å²) in [4.78, 5) is 2.34. The first-order valence-electron chi connectivity index (χ1n) is 6.59. The molecule has 0 unspecified atom stereocenters. The van der Waals surface area contributed by atoms with Crippen molar-refractivity contribution in [3.63, 3.8) is 0 Å². The summed E-state index contributed by atoms with van der Waals surface area (Å²) in [5.41, 5.74) is 8.25. The van der Waals surface area contributed by atoms with Crippen LogP contribution < -0.4 is 5.73 Å². The van der Waals surface area contributed by atoms with E-state index in [0.29, 0.717) is 6.54 Å². The van der Waals surface area contributed by atoms with Crippen LogP contribution in [-0.2, 0) is 13.1 Å². The van der Waals surface area contributed by atoms with Gasteiger partial charge in [-0.05, 0) is 39.2 Å². The van der Waals surface area contributed by atoms with Crippen LogP contribution in [0.3, 0.4) is 0 Å². The molecule has 2 aromatic rings. The van der Waals surface area contributed by atoms with Crippen LogP contribution in [0.1, 0.15) is 11.1 Å². The zero-order valence-corrected chi connectivity index (χ0v) is 13.6. The molecule has 2 nitrogen and oxygen atoms in total. The van der Waals surface area contributed by atoms with Crippen LogP contribution >= 0.6 is 27.5 Å². The highest BCUT2D eigenvalue weighted by molar-refractivity contribution is 9.10. The van der Waals surface area contributed by atoms with Gasteiger partial charge in [-0.1, -0.05) is 48.0 Å². The molecule has 0 saturated heterocycles. The van der Waals surface area contributed by atoms with E-state index in [1.54, 1.807) is 0 Å². The Labute approximate surface area is 133 Å². The van der Waals surface area contributed by atoms with Crippen molar-refractivity contribution in [2.45, 2.75) is 13.1 Å². The number of halogens is 2. The Hall–Kier alpha value is -0.870. The van der Waals surface area contributed by atoms with Gasteiger partial charge < -0.3 is 5.73 Å². The predicted molar refractivity (Wildman–Crippen MR) is 88.8 cm³/mol. The Morgan fingerprint density at radius 3 is 2.35 bits per heavy atom. The summed E-state index contributed by atoms with van der Waals surface area (Å²) < 4.78 is 0.934. The average Bonchev–Trinajstić information content (AvgIpc) is 2.44. The molecule has 2 N–H and O–H groups in total. The van der Waals surface area contributed by atoms with E-state index in [-0.39, 0.29) is 0 Å². The zero-order chi connectivity index (χ0) is 14.4. The van der Waals surface area contributed by atoms with Crippen molar-refractivity contribution in [1.29, 1.82) is 0 Å². The van der Waals surface area contributed by atoms with Crippen LogP contribution in [0.25, 0.3) is 0 Å². The fourth-order valence-electron chi connectivity index (χ4n) is 2.13. The van der Waals surface area contributed by atoms with Crippen LogP contribution in [0.15, 0.2) is 53.0 Å². The van der Waals surface area contributed by atoms with E-state index in [1.807, 2.05) is 12.1 Å². The van der Waals surface area contributed by atoms with E-state index < -0.39 is 0 Å². The van der Waals surface area contributed by atoms with Gasteiger partial charge in [-0.3, -0.25) is 4.90 Å². The van der Waals surface area contributed by atoms with Crippen LogP contribution in [0.2, 0.25) is 5.02 Å². The number of hydrogen-bond donors (Lipinski definition) is 1. The number of hydrogen-bond acceptors (Lipinski definition) is 2. The molecule has 0 aliphatic carbocycles. The van der Waals surface area contributed by atoms with E-state index in [1.165, 1.54) is 11.1 Å². The smallest absolute Gasteiger partial charge is 0.0548 e. The second-order valence-corrected chi connectivity index (χ2v) is 5.99. The Kier molecular flexibility index (Phi) is 6.05. The van der Waals surface area contributed by atoms with Crippen molar-refractivity contribution in [3.05, 3.63) is 69.2 Å². The molecule has 0 fully saturated rings. The summed E-state index contributed by atoms with van der Waals surface area (Å²) in [6.07, 6.45) is 0. The number of nitrogens with zero attached hydrogens (tertiary/aromatic N) is 1. The van der Waals surface area contributed by atoms with Gasteiger partial charge in [0.05, 0.1) is 5.02 Å². The van der Waals surface area contributed by atoms with Crippen molar-refractivity contribution in [3.8, 4) is 0 Å². The molecule has 0 saturated carbocycles. The summed E-state index contributed by atoms with van der Waals surface area (Å²) in [6.45, 7) is 3.29. The highest BCUT2D eigenvalue weighted by Crippen LogP contribution is 2.24. The van der Waals surface area contributed by atoms with E-state index >= 15 is 0 Å². The summed E-state index contributed by atoms with van der Waals surface area (Å²) >= 11 is 9.49. The van der Waals surface area contributed by atoms with Crippen LogP contribution in [0.5, 0.6) is 0 Å². The first-order chi connectivity index (χ1) is 9.69. The van der Waals surface area contributed by atoms with E-state index in [9.17, 15) is 0 Å². The normalized spacial score (nSPS) is 11.0. The SMILES string of the molecule is NCCN(Cc1ccccc1)Cc1ccc(Cl)c(Br)c1. The molecule has 106 valence electrons. The van der Waals surface area contributed by atoms with Gasteiger partial charge in [-0.15, -0.1) is 0 Å². The van der Waals surface area contributed by atoms with Crippen LogP contribution in [-0.4, -0.2) is 18.0 Å². The molecule has 0 amide bonds. The Bertz CT molecular complexity index is 545. The molecule has 20 heavy (non-hydrogen) atoms. The summed E-state index contributed by atoms with van der Waals surface area (Å²) in [7, 11) is 0. The third-order valence-corrected chi connectivity index (χ3v) is 4.30. The lowest BCUT2D eigenvalue weighted by atomic mass is 10.1. The van der Waals surface area contributed by atoms with Crippen molar-refractivity contribution in [2.75, 3.05) is 13.1 Å². The van der Waals surface area contributed by atoms with Gasteiger partial charge in [-0.2, -0.15) is 0 Å². The third-order valence-electron chi connectivity index (χ3n) is 3.08. The molecule has 0 aliphatic heterocycles. The van der Waals surface area contributed by atoms with Gasteiger partial charge in [0.25, 0.3) is 0 Å². The van der Waals surface area contributed by atoms with Gasteiger partial charge in [0, 0.05) is 30.7 Å². The molecule has 0 atom stereocenters. The standard InChI is InChI=1S/C16H18BrClN2/c17-15-10-14(6-7-16(15)18)12-20(9-8-19)11-13-4-2-1-3-5-13/h1-7,10H,8-9,11-12,19H2. The highest BCUT2D eigenvalue weighted by Gasteiger charge is 2.07. The molecule has 0 aliphatic rings. The van der Waals surface area contributed by atoms with Crippen molar-refractivity contribution < 1.29 is 0 Å². The fraction of sp³-hybridized carbons (Fsp3) is 0.250. The quantitative estimate of drug-likeness (QED) is 0.848. The maximum Gasteiger partial charge on any atom is 0.0548 e. The van der Waals surface area contributed by atoms with Crippen molar-refractivity contribution in [1.82, 2.24) is 4.90 Å². The molecular weight excluding hydrogens is 336 g/mol. The topological polar surface area (TPSA) is 29.3 Å². The Morgan fingerprint density at radius 1 is 1.00 bits per heavy atom. The third kappa shape index (κ3) is 4.60. The number of rotatable bonds is 6. The monoisotopic (exact) mass is 352 g/mol. The minimum atomic E-state index is 0.654. The van der Waals surface area contributed by atoms with Gasteiger partial charge in [0.1, 0.15) is 0 Å².